The summed E-state index contributed by atoms with van der Waals surface area (Å²) in [4.78, 5) is 35.6. The van der Waals surface area contributed by atoms with Crippen molar-refractivity contribution in [3.8, 4) is 39.9 Å². The van der Waals surface area contributed by atoms with Gasteiger partial charge in [-0.25, -0.2) is 14.5 Å². The van der Waals surface area contributed by atoms with Gasteiger partial charge in [-0.2, -0.15) is 0 Å². The first-order valence-electron chi connectivity index (χ1n) is 9.63. The molecule has 32 heavy (non-hydrogen) atoms. The number of phosphoric ester groups is 1. The van der Waals surface area contributed by atoms with Crippen LogP contribution in [0.25, 0.3) is 34.2 Å². The molecule has 0 aliphatic heterocycles. The van der Waals surface area contributed by atoms with Crippen molar-refractivity contribution >= 4 is 7.82 Å². The third-order valence-electron chi connectivity index (χ3n) is 4.29. The molecule has 0 saturated heterocycles. The normalized spacial score (nSPS) is 11.3. The summed E-state index contributed by atoms with van der Waals surface area (Å²) in [6.45, 7) is -0.258. The topological polar surface area (TPSA) is 128 Å². The number of aromatic nitrogens is 4. The van der Waals surface area contributed by atoms with Gasteiger partial charge in [0.1, 0.15) is 18.1 Å². The summed E-state index contributed by atoms with van der Waals surface area (Å²) in [5, 5.41) is 0. The molecule has 0 radical (unpaired) electrons. The van der Waals surface area contributed by atoms with Gasteiger partial charge in [0.15, 0.2) is 5.82 Å². The minimum atomic E-state index is -4.52. The van der Waals surface area contributed by atoms with Gasteiger partial charge in [-0.15, -0.1) is 0 Å². The van der Waals surface area contributed by atoms with E-state index in [2.05, 4.69) is 24.5 Å². The number of nitrogens with zero attached hydrogens (tertiary/aromatic N) is 4. The first-order valence-corrected chi connectivity index (χ1v) is 11.2. The monoisotopic (exact) mass is 450 g/mol. The van der Waals surface area contributed by atoms with Crippen LogP contribution in [0.4, 0.5) is 0 Å². The van der Waals surface area contributed by atoms with Gasteiger partial charge in [-0.1, -0.05) is 24.3 Å². The summed E-state index contributed by atoms with van der Waals surface area (Å²) in [5.74, 6) is 0.972. The molecular formula is C22H19N4O5P. The van der Waals surface area contributed by atoms with Crippen molar-refractivity contribution in [3.63, 3.8) is 0 Å². The standard InChI is InChI=1S/C22H19N4O5P/c27-32(28,29)31-13-12-30-17-7-5-6-16(14-17)20-15-21(18-8-1-3-10-23-18)26-22(25-20)19-9-2-4-11-24-19/h1-11,14-15H,12-13H2,(H2,27,28,29). The Hall–Kier alpha value is -3.49. The van der Waals surface area contributed by atoms with Gasteiger partial charge in [-0.05, 0) is 42.5 Å². The Morgan fingerprint density at radius 2 is 1.47 bits per heavy atom. The minimum absolute atomic E-state index is 0.0172. The van der Waals surface area contributed by atoms with Crippen molar-refractivity contribution in [2.75, 3.05) is 13.2 Å². The molecule has 0 bridgehead atoms. The van der Waals surface area contributed by atoms with Crippen molar-refractivity contribution in [2.24, 2.45) is 0 Å². The zero-order valence-corrected chi connectivity index (χ0v) is 17.7. The van der Waals surface area contributed by atoms with Crippen LogP contribution in [0.3, 0.4) is 0 Å². The molecule has 10 heteroatoms. The number of hydrogen-bond donors (Lipinski definition) is 2. The SMILES string of the molecule is O=P(O)(O)OCCOc1cccc(-c2cc(-c3ccccn3)nc(-c3ccccn3)n2)c1. The number of hydrogen-bond acceptors (Lipinski definition) is 7. The van der Waals surface area contributed by atoms with Crippen molar-refractivity contribution in [1.29, 1.82) is 0 Å². The maximum atomic E-state index is 10.8. The van der Waals surface area contributed by atoms with E-state index in [0.29, 0.717) is 34.3 Å². The molecule has 0 aliphatic carbocycles. The number of ether oxygens (including phenoxy) is 1. The quantitative estimate of drug-likeness (QED) is 0.305. The second kappa shape index (κ2) is 9.76. The second-order valence-electron chi connectivity index (χ2n) is 6.59. The van der Waals surface area contributed by atoms with Gasteiger partial charge in [0.2, 0.25) is 0 Å². The largest absolute Gasteiger partial charge is 0.491 e. The zero-order valence-electron chi connectivity index (χ0n) is 16.8. The third kappa shape index (κ3) is 5.81. The van der Waals surface area contributed by atoms with E-state index in [1.54, 1.807) is 30.6 Å². The maximum absolute atomic E-state index is 10.8. The molecule has 4 rings (SSSR count). The zero-order chi connectivity index (χ0) is 22.4. The van der Waals surface area contributed by atoms with Crippen LogP contribution < -0.4 is 4.74 Å². The smallest absolute Gasteiger partial charge is 0.469 e. The summed E-state index contributed by atoms with van der Waals surface area (Å²) in [6, 6.07) is 20.2. The average molecular weight is 450 g/mol. The van der Waals surface area contributed by atoms with Gasteiger partial charge < -0.3 is 14.5 Å². The van der Waals surface area contributed by atoms with Crippen LogP contribution in [0.1, 0.15) is 0 Å². The van der Waals surface area contributed by atoms with Crippen molar-refractivity contribution in [1.82, 2.24) is 19.9 Å². The number of rotatable bonds is 8. The Bertz CT molecular complexity index is 1180. The molecule has 3 heterocycles. The van der Waals surface area contributed by atoms with Gasteiger partial charge in [-0.3, -0.25) is 14.5 Å². The van der Waals surface area contributed by atoms with Crippen molar-refractivity contribution in [2.45, 2.75) is 0 Å². The molecule has 0 fully saturated rings. The molecule has 0 spiro atoms. The molecule has 4 aromatic rings. The van der Waals surface area contributed by atoms with E-state index in [0.717, 1.165) is 5.56 Å². The Labute approximate surface area is 184 Å². The first kappa shape index (κ1) is 21.7. The molecule has 0 aliphatic rings. The van der Waals surface area contributed by atoms with Crippen LogP contribution >= 0.6 is 7.82 Å². The predicted octanol–water partition coefficient (Wildman–Crippen LogP) is 3.76. The summed E-state index contributed by atoms with van der Waals surface area (Å²) >= 11 is 0. The molecule has 2 N–H and O–H groups in total. The van der Waals surface area contributed by atoms with Crippen LogP contribution in [0.5, 0.6) is 5.75 Å². The summed E-state index contributed by atoms with van der Waals surface area (Å²) in [7, 11) is -4.52. The molecule has 1 aromatic carbocycles. The maximum Gasteiger partial charge on any atom is 0.469 e. The molecule has 0 amide bonds. The number of phosphoric acid groups is 1. The Morgan fingerprint density at radius 1 is 0.750 bits per heavy atom. The van der Waals surface area contributed by atoms with Crippen molar-refractivity contribution in [3.05, 3.63) is 79.1 Å². The lowest BCUT2D eigenvalue weighted by atomic mass is 10.1. The van der Waals surface area contributed by atoms with Gasteiger partial charge in [0.05, 0.1) is 23.7 Å². The Balaban J connectivity index is 1.66. The summed E-state index contributed by atoms with van der Waals surface area (Å²) < 4.78 is 20.7. The van der Waals surface area contributed by atoms with E-state index >= 15 is 0 Å². The lowest BCUT2D eigenvalue weighted by Gasteiger charge is -2.11. The molecule has 9 nitrogen and oxygen atoms in total. The lowest BCUT2D eigenvalue weighted by molar-refractivity contribution is 0.160. The summed E-state index contributed by atoms with van der Waals surface area (Å²) in [5.41, 5.74) is 3.41. The van der Waals surface area contributed by atoms with E-state index in [9.17, 15) is 4.57 Å². The van der Waals surface area contributed by atoms with Crippen LogP contribution in [-0.2, 0) is 9.09 Å². The Kier molecular flexibility index (Phi) is 6.63. The van der Waals surface area contributed by atoms with Crippen molar-refractivity contribution < 1.29 is 23.6 Å². The minimum Gasteiger partial charge on any atom is -0.491 e. The van der Waals surface area contributed by atoms with Gasteiger partial charge in [0, 0.05) is 18.0 Å². The fourth-order valence-corrected chi connectivity index (χ4v) is 3.22. The molecule has 3 aromatic heterocycles. The van der Waals surface area contributed by atoms with Crippen LogP contribution in [0.15, 0.2) is 79.1 Å². The molecule has 162 valence electrons. The molecule has 0 unspecified atom stereocenters. The van der Waals surface area contributed by atoms with E-state index < -0.39 is 7.82 Å². The fraction of sp³-hybridized carbons (Fsp3) is 0.0909. The van der Waals surface area contributed by atoms with Gasteiger partial charge in [0.25, 0.3) is 0 Å². The van der Waals surface area contributed by atoms with Crippen LogP contribution in [-0.4, -0.2) is 42.9 Å². The van der Waals surface area contributed by atoms with Crippen LogP contribution in [0.2, 0.25) is 0 Å². The second-order valence-corrected chi connectivity index (χ2v) is 7.83. The summed E-state index contributed by atoms with van der Waals surface area (Å²) in [6.07, 6.45) is 3.38. The van der Waals surface area contributed by atoms with Crippen LogP contribution in [0, 0.1) is 0 Å². The highest BCUT2D eigenvalue weighted by Crippen LogP contribution is 2.35. The highest BCUT2D eigenvalue weighted by molar-refractivity contribution is 7.46. The van der Waals surface area contributed by atoms with E-state index in [1.165, 1.54) is 0 Å². The first-order chi connectivity index (χ1) is 15.5. The molecular weight excluding hydrogens is 431 g/mol. The van der Waals surface area contributed by atoms with E-state index in [4.69, 9.17) is 14.5 Å². The molecule has 0 atom stereocenters. The number of benzene rings is 1. The average Bonchev–Trinajstić information content (AvgIpc) is 2.82. The lowest BCUT2D eigenvalue weighted by Crippen LogP contribution is -2.05. The fourth-order valence-electron chi connectivity index (χ4n) is 2.91. The third-order valence-corrected chi connectivity index (χ3v) is 4.81. The van der Waals surface area contributed by atoms with Gasteiger partial charge >= 0.3 is 7.82 Å². The highest BCUT2D eigenvalue weighted by atomic mass is 31.2. The Morgan fingerprint density at radius 3 is 2.16 bits per heavy atom. The highest BCUT2D eigenvalue weighted by Gasteiger charge is 2.14. The predicted molar refractivity (Wildman–Crippen MR) is 117 cm³/mol. The van der Waals surface area contributed by atoms with E-state index in [-0.39, 0.29) is 13.2 Å². The number of pyridine rings is 2. The molecule has 0 saturated carbocycles. The van der Waals surface area contributed by atoms with E-state index in [1.807, 2.05) is 48.5 Å².